The Balaban J connectivity index is 2.29. The van der Waals surface area contributed by atoms with Crippen molar-refractivity contribution in [3.8, 4) is 5.75 Å². The molecule has 2 rings (SSSR count). The molecule has 5 heteroatoms. The molecule has 0 aliphatic rings. The van der Waals surface area contributed by atoms with E-state index >= 15 is 0 Å². The first kappa shape index (κ1) is 15.5. The van der Waals surface area contributed by atoms with E-state index in [-0.39, 0.29) is 5.54 Å². The zero-order valence-electron chi connectivity index (χ0n) is 12.9. The molecule has 0 aliphatic heterocycles. The van der Waals surface area contributed by atoms with Gasteiger partial charge in [-0.3, -0.25) is 4.98 Å². The van der Waals surface area contributed by atoms with Crippen LogP contribution in [0.15, 0.2) is 30.5 Å². The summed E-state index contributed by atoms with van der Waals surface area (Å²) >= 11 is 5.40. The fourth-order valence-electron chi connectivity index (χ4n) is 1.97. The maximum absolute atomic E-state index is 5.40. The molecule has 0 saturated carbocycles. The first-order valence-corrected chi connectivity index (χ1v) is 7.38. The van der Waals surface area contributed by atoms with Gasteiger partial charge in [0.2, 0.25) is 0 Å². The fraction of sp³-hybridized carbons (Fsp3) is 0.375. The first-order valence-electron chi connectivity index (χ1n) is 6.97. The van der Waals surface area contributed by atoms with Crippen LogP contribution in [0.3, 0.4) is 0 Å². The molecular weight excluding hydrogens is 282 g/mol. The summed E-state index contributed by atoms with van der Waals surface area (Å²) in [7, 11) is 1.65. The Morgan fingerprint density at radius 3 is 2.76 bits per heavy atom. The van der Waals surface area contributed by atoms with Crippen LogP contribution >= 0.6 is 12.2 Å². The quantitative estimate of drug-likeness (QED) is 0.843. The Morgan fingerprint density at radius 2 is 2.10 bits per heavy atom. The van der Waals surface area contributed by atoms with Crippen LogP contribution in [-0.4, -0.2) is 22.7 Å². The normalized spacial score (nSPS) is 11.2. The molecule has 2 aromatic rings. The number of methoxy groups -OCH3 is 1. The standard InChI is InChI=1S/C16H21N3OS/c1-5-16(2,3)19-15(21)18-12-8-9-13(20-4)14-11(12)7-6-10-17-14/h6-10H,5H2,1-4H3,(H2,18,19,21). The molecule has 0 unspecified atom stereocenters. The predicted octanol–water partition coefficient (Wildman–Crippen LogP) is 3.72. The number of benzene rings is 1. The summed E-state index contributed by atoms with van der Waals surface area (Å²) in [4.78, 5) is 4.38. The molecule has 112 valence electrons. The van der Waals surface area contributed by atoms with Gasteiger partial charge >= 0.3 is 0 Å². The third-order valence-electron chi connectivity index (χ3n) is 3.54. The average molecular weight is 303 g/mol. The predicted molar refractivity (Wildman–Crippen MR) is 92.0 cm³/mol. The Labute approximate surface area is 130 Å². The fourth-order valence-corrected chi connectivity index (χ4v) is 2.36. The van der Waals surface area contributed by atoms with Crippen molar-refractivity contribution in [1.82, 2.24) is 10.3 Å². The van der Waals surface area contributed by atoms with E-state index < -0.39 is 0 Å². The third kappa shape index (κ3) is 3.61. The molecule has 4 nitrogen and oxygen atoms in total. The van der Waals surface area contributed by atoms with E-state index in [1.807, 2.05) is 24.3 Å². The van der Waals surface area contributed by atoms with Crippen LogP contribution in [0, 0.1) is 0 Å². The van der Waals surface area contributed by atoms with Crippen molar-refractivity contribution in [2.75, 3.05) is 12.4 Å². The minimum absolute atomic E-state index is 0.0371. The summed E-state index contributed by atoms with van der Waals surface area (Å²) in [5.41, 5.74) is 1.70. The first-order chi connectivity index (χ1) is 9.96. The molecule has 0 aliphatic carbocycles. The maximum atomic E-state index is 5.40. The summed E-state index contributed by atoms with van der Waals surface area (Å²) in [6.07, 6.45) is 2.74. The summed E-state index contributed by atoms with van der Waals surface area (Å²) in [6, 6.07) is 7.75. The maximum Gasteiger partial charge on any atom is 0.171 e. The molecule has 0 amide bonds. The number of hydrogen-bond acceptors (Lipinski definition) is 3. The number of thiocarbonyl (C=S) groups is 1. The highest BCUT2D eigenvalue weighted by Gasteiger charge is 2.16. The lowest BCUT2D eigenvalue weighted by Gasteiger charge is -2.26. The molecular formula is C16H21N3OS. The Morgan fingerprint density at radius 1 is 1.33 bits per heavy atom. The number of aromatic nitrogens is 1. The summed E-state index contributed by atoms with van der Waals surface area (Å²) < 4.78 is 5.35. The van der Waals surface area contributed by atoms with Crippen molar-refractivity contribution in [1.29, 1.82) is 0 Å². The Hall–Kier alpha value is -1.88. The summed E-state index contributed by atoms with van der Waals surface area (Å²) in [6.45, 7) is 6.37. The van der Waals surface area contributed by atoms with E-state index in [1.165, 1.54) is 0 Å². The molecule has 2 N–H and O–H groups in total. The molecule has 0 bridgehead atoms. The average Bonchev–Trinajstić information content (AvgIpc) is 2.47. The number of pyridine rings is 1. The molecule has 1 heterocycles. The molecule has 0 saturated heterocycles. The van der Waals surface area contributed by atoms with Crippen molar-refractivity contribution in [3.05, 3.63) is 30.5 Å². The molecule has 0 radical (unpaired) electrons. The second-order valence-corrected chi connectivity index (χ2v) is 5.94. The van der Waals surface area contributed by atoms with Crippen LogP contribution in [0.25, 0.3) is 10.9 Å². The third-order valence-corrected chi connectivity index (χ3v) is 3.74. The number of ether oxygens (including phenoxy) is 1. The van der Waals surface area contributed by atoms with Crippen molar-refractivity contribution < 1.29 is 4.74 Å². The molecule has 0 fully saturated rings. The Kier molecular flexibility index (Phi) is 4.63. The molecule has 0 atom stereocenters. The van der Waals surface area contributed by atoms with Crippen molar-refractivity contribution in [3.63, 3.8) is 0 Å². The second kappa shape index (κ2) is 6.26. The molecule has 1 aromatic carbocycles. The van der Waals surface area contributed by atoms with Gasteiger partial charge in [-0.15, -0.1) is 0 Å². The van der Waals surface area contributed by atoms with E-state index in [2.05, 4.69) is 36.4 Å². The monoisotopic (exact) mass is 303 g/mol. The van der Waals surface area contributed by atoms with Crippen LogP contribution in [0.2, 0.25) is 0 Å². The van der Waals surface area contributed by atoms with Gasteiger partial charge in [-0.2, -0.15) is 0 Å². The van der Waals surface area contributed by atoms with Crippen molar-refractivity contribution in [2.24, 2.45) is 0 Å². The number of nitrogens with zero attached hydrogens (tertiary/aromatic N) is 1. The number of hydrogen-bond donors (Lipinski definition) is 2. The van der Waals surface area contributed by atoms with Gasteiger partial charge in [0.15, 0.2) is 5.11 Å². The van der Waals surface area contributed by atoms with Gasteiger partial charge in [0.05, 0.1) is 7.11 Å². The van der Waals surface area contributed by atoms with E-state index in [1.54, 1.807) is 13.3 Å². The lowest BCUT2D eigenvalue weighted by atomic mass is 10.0. The van der Waals surface area contributed by atoms with Crippen LogP contribution in [0.4, 0.5) is 5.69 Å². The van der Waals surface area contributed by atoms with Gasteiger partial charge in [0, 0.05) is 22.8 Å². The largest absolute Gasteiger partial charge is 0.494 e. The summed E-state index contributed by atoms with van der Waals surface area (Å²) in [5, 5.41) is 8.16. The highest BCUT2D eigenvalue weighted by atomic mass is 32.1. The van der Waals surface area contributed by atoms with Crippen LogP contribution < -0.4 is 15.4 Å². The number of nitrogens with one attached hydrogen (secondary N) is 2. The van der Waals surface area contributed by atoms with E-state index in [0.29, 0.717) is 5.11 Å². The van der Waals surface area contributed by atoms with Gasteiger partial charge < -0.3 is 15.4 Å². The van der Waals surface area contributed by atoms with Gasteiger partial charge in [0.1, 0.15) is 11.3 Å². The lowest BCUT2D eigenvalue weighted by Crippen LogP contribution is -2.44. The number of fused-ring (bicyclic) bond motifs is 1. The molecule has 0 spiro atoms. The Bertz CT molecular complexity index is 655. The zero-order valence-corrected chi connectivity index (χ0v) is 13.7. The van der Waals surface area contributed by atoms with E-state index in [0.717, 1.165) is 28.8 Å². The number of rotatable bonds is 4. The van der Waals surface area contributed by atoms with Crippen LogP contribution in [0.5, 0.6) is 5.75 Å². The zero-order chi connectivity index (χ0) is 15.5. The smallest absolute Gasteiger partial charge is 0.171 e. The minimum atomic E-state index is -0.0371. The number of anilines is 1. The highest BCUT2D eigenvalue weighted by Crippen LogP contribution is 2.29. The second-order valence-electron chi connectivity index (χ2n) is 5.53. The molecule has 1 aromatic heterocycles. The van der Waals surface area contributed by atoms with E-state index in [9.17, 15) is 0 Å². The summed E-state index contributed by atoms with van der Waals surface area (Å²) in [5.74, 6) is 0.754. The molecule has 21 heavy (non-hydrogen) atoms. The van der Waals surface area contributed by atoms with Gasteiger partial charge in [-0.1, -0.05) is 6.92 Å². The lowest BCUT2D eigenvalue weighted by molar-refractivity contribution is 0.419. The SMILES string of the molecule is CCC(C)(C)NC(=S)Nc1ccc(OC)c2ncccc12. The van der Waals surface area contributed by atoms with Crippen molar-refractivity contribution in [2.45, 2.75) is 32.7 Å². The van der Waals surface area contributed by atoms with E-state index in [4.69, 9.17) is 17.0 Å². The van der Waals surface area contributed by atoms with Gasteiger partial charge in [0.25, 0.3) is 0 Å². The minimum Gasteiger partial charge on any atom is -0.494 e. The van der Waals surface area contributed by atoms with Gasteiger partial charge in [-0.05, 0) is 56.8 Å². The van der Waals surface area contributed by atoms with Crippen LogP contribution in [0.1, 0.15) is 27.2 Å². The topological polar surface area (TPSA) is 46.2 Å². The van der Waals surface area contributed by atoms with Crippen molar-refractivity contribution >= 4 is 33.9 Å². The van der Waals surface area contributed by atoms with Crippen LogP contribution in [-0.2, 0) is 0 Å². The van der Waals surface area contributed by atoms with Gasteiger partial charge in [-0.25, -0.2) is 0 Å². The highest BCUT2D eigenvalue weighted by molar-refractivity contribution is 7.80.